The summed E-state index contributed by atoms with van der Waals surface area (Å²) in [6.45, 7) is 4.75. The van der Waals surface area contributed by atoms with Gasteiger partial charge in [-0.2, -0.15) is 0 Å². The molecule has 0 aromatic rings. The minimum absolute atomic E-state index is 0.0780. The van der Waals surface area contributed by atoms with E-state index in [2.05, 4.69) is 25.1 Å². The van der Waals surface area contributed by atoms with Gasteiger partial charge in [0.1, 0.15) is 0 Å². The van der Waals surface area contributed by atoms with Crippen LogP contribution < -0.4 is 0 Å². The topological polar surface area (TPSA) is 73.1 Å². The van der Waals surface area contributed by atoms with E-state index in [9.17, 15) is 10.2 Å². The molecule has 8 atom stereocenters. The number of allylic oxidation sites excluding steroid dienone is 2. The number of aliphatic hydroxyl groups is 2. The van der Waals surface area contributed by atoms with E-state index in [0.717, 1.165) is 51.4 Å². The number of rotatable bonds is 2. The quantitative estimate of drug-likeness (QED) is 0.393. The molecule has 26 heavy (non-hydrogen) atoms. The minimum Gasteiger partial charge on any atom is -0.411 e. The molecule has 4 rings (SSSR count). The van der Waals surface area contributed by atoms with E-state index in [4.69, 9.17) is 5.21 Å². The Hall–Kier alpha value is -0.870. The summed E-state index contributed by atoms with van der Waals surface area (Å²) in [5.74, 6) is 1.96. The molecule has 4 aliphatic carbocycles. The first-order valence-electron chi connectivity index (χ1n) is 10.6. The second-order valence-corrected chi connectivity index (χ2v) is 10.1. The normalized spacial score (nSPS) is 54.2. The van der Waals surface area contributed by atoms with Gasteiger partial charge in [0, 0.05) is 5.41 Å². The predicted molar refractivity (Wildman–Crippen MR) is 102 cm³/mol. The van der Waals surface area contributed by atoms with Gasteiger partial charge in [-0.05, 0) is 93.0 Å². The van der Waals surface area contributed by atoms with Gasteiger partial charge in [0.05, 0.1) is 17.9 Å². The van der Waals surface area contributed by atoms with E-state index < -0.39 is 5.60 Å². The Balaban J connectivity index is 1.62. The lowest BCUT2D eigenvalue weighted by molar-refractivity contribution is -0.207. The van der Waals surface area contributed by atoms with Crippen LogP contribution in [-0.4, -0.2) is 33.3 Å². The molecular weight excluding hydrogens is 326 g/mol. The van der Waals surface area contributed by atoms with Crippen molar-refractivity contribution in [2.75, 3.05) is 0 Å². The first kappa shape index (κ1) is 18.5. The minimum atomic E-state index is -0.578. The number of nitrogens with zero attached hydrogens (tertiary/aromatic N) is 1. The van der Waals surface area contributed by atoms with Crippen LogP contribution in [0.25, 0.3) is 0 Å². The number of hydrogen-bond acceptors (Lipinski definition) is 4. The molecule has 0 amide bonds. The average molecular weight is 362 g/mol. The molecule has 4 nitrogen and oxygen atoms in total. The van der Waals surface area contributed by atoms with Crippen LogP contribution in [0, 0.1) is 34.5 Å². The van der Waals surface area contributed by atoms with Crippen molar-refractivity contribution in [2.24, 2.45) is 39.7 Å². The molecule has 0 bridgehead atoms. The number of hydrogen-bond donors (Lipinski definition) is 3. The monoisotopic (exact) mass is 361 g/mol. The Morgan fingerprint density at radius 1 is 0.962 bits per heavy atom. The van der Waals surface area contributed by atoms with Gasteiger partial charge >= 0.3 is 0 Å². The molecule has 0 saturated heterocycles. The first-order valence-corrected chi connectivity index (χ1v) is 10.6. The van der Waals surface area contributed by atoms with E-state index >= 15 is 0 Å². The maximum absolute atomic E-state index is 12.0. The van der Waals surface area contributed by atoms with E-state index in [0.29, 0.717) is 23.7 Å². The highest BCUT2D eigenvalue weighted by Crippen LogP contribution is 2.69. The highest BCUT2D eigenvalue weighted by atomic mass is 16.4. The van der Waals surface area contributed by atoms with Crippen molar-refractivity contribution in [3.63, 3.8) is 0 Å². The third-order valence-electron chi connectivity index (χ3n) is 9.39. The Morgan fingerprint density at radius 3 is 2.54 bits per heavy atom. The summed E-state index contributed by atoms with van der Waals surface area (Å²) in [5.41, 5.74) is -0.368. The number of oxime groups is 1. The third kappa shape index (κ3) is 2.44. The lowest BCUT2D eigenvalue weighted by Gasteiger charge is -2.63. The fourth-order valence-electron chi connectivity index (χ4n) is 7.77. The van der Waals surface area contributed by atoms with Crippen LogP contribution in [0.4, 0.5) is 0 Å². The average Bonchev–Trinajstić information content (AvgIpc) is 2.88. The summed E-state index contributed by atoms with van der Waals surface area (Å²) in [6.07, 6.45) is 14.7. The summed E-state index contributed by atoms with van der Waals surface area (Å²) >= 11 is 0. The van der Waals surface area contributed by atoms with Gasteiger partial charge in [-0.25, -0.2) is 0 Å². The summed E-state index contributed by atoms with van der Waals surface area (Å²) in [4.78, 5) is 0. The maximum atomic E-state index is 12.0. The van der Waals surface area contributed by atoms with Gasteiger partial charge in [0.15, 0.2) is 0 Å². The highest BCUT2D eigenvalue weighted by molar-refractivity contribution is 5.70. The molecule has 0 aromatic heterocycles. The zero-order valence-corrected chi connectivity index (χ0v) is 16.3. The molecular formula is C22H35NO3. The lowest BCUT2D eigenvalue weighted by Crippen LogP contribution is -2.62. The van der Waals surface area contributed by atoms with Crippen molar-refractivity contribution in [3.8, 4) is 0 Å². The molecule has 146 valence electrons. The zero-order chi connectivity index (χ0) is 18.6. The molecule has 0 aliphatic heterocycles. The highest BCUT2D eigenvalue weighted by Gasteiger charge is 2.66. The van der Waals surface area contributed by atoms with E-state index in [1.807, 2.05) is 6.08 Å². The standard InChI is InChI=1S/C22H35NO3/c1-20-10-8-17(24)14-16(20)5-6-19-18(20)9-11-21(2)15(4-3-13-23-26)7-12-22(19,21)25/h3-4,13,15-19,24-26H,5-12,14H2,1-2H3/b4-3+,23-13-/t15-,16+,17-,18-,19+,20-,21+,22-/m0/s1. The molecule has 4 fully saturated rings. The van der Waals surface area contributed by atoms with Gasteiger partial charge in [0.25, 0.3) is 0 Å². The number of fused-ring (bicyclic) bond motifs is 5. The summed E-state index contributed by atoms with van der Waals surface area (Å²) in [6, 6.07) is 0. The SMILES string of the molecule is C[C@]12CC[C@H](O)C[C@H]1CC[C@@H]1[C@@H]2CC[C@]2(C)[C@@H](/C=C/C=N\O)CC[C@]12O. The van der Waals surface area contributed by atoms with Crippen LogP contribution in [0.3, 0.4) is 0 Å². The van der Waals surface area contributed by atoms with Crippen molar-refractivity contribution in [1.82, 2.24) is 0 Å². The lowest BCUT2D eigenvalue weighted by atomic mass is 9.43. The molecule has 0 unspecified atom stereocenters. The van der Waals surface area contributed by atoms with Crippen molar-refractivity contribution >= 4 is 6.21 Å². The molecule has 0 spiro atoms. The molecule has 3 N–H and O–H groups in total. The second-order valence-electron chi connectivity index (χ2n) is 10.1. The van der Waals surface area contributed by atoms with E-state index in [1.165, 1.54) is 12.6 Å². The molecule has 0 radical (unpaired) electrons. The van der Waals surface area contributed by atoms with Crippen LogP contribution in [0.1, 0.15) is 71.6 Å². The Kier molecular flexibility index (Phi) is 4.51. The molecule has 4 saturated carbocycles. The van der Waals surface area contributed by atoms with E-state index in [-0.39, 0.29) is 16.9 Å². The van der Waals surface area contributed by atoms with Crippen molar-refractivity contribution in [3.05, 3.63) is 12.2 Å². The molecule has 0 heterocycles. The Morgan fingerprint density at radius 2 is 1.77 bits per heavy atom. The Labute approximate surface area is 157 Å². The molecule has 4 heteroatoms. The van der Waals surface area contributed by atoms with Crippen LogP contribution in [0.2, 0.25) is 0 Å². The number of aliphatic hydroxyl groups excluding tert-OH is 1. The van der Waals surface area contributed by atoms with Crippen LogP contribution in [0.5, 0.6) is 0 Å². The smallest absolute Gasteiger partial charge is 0.0737 e. The van der Waals surface area contributed by atoms with Crippen LogP contribution in [-0.2, 0) is 0 Å². The fraction of sp³-hybridized carbons (Fsp3) is 0.864. The second kappa shape index (κ2) is 6.34. The van der Waals surface area contributed by atoms with Gasteiger partial charge in [0.2, 0.25) is 0 Å². The fourth-order valence-corrected chi connectivity index (χ4v) is 7.77. The summed E-state index contributed by atoms with van der Waals surface area (Å²) < 4.78 is 0. The van der Waals surface area contributed by atoms with Crippen molar-refractivity contribution in [1.29, 1.82) is 0 Å². The summed E-state index contributed by atoms with van der Waals surface area (Å²) in [5, 5.41) is 33.9. The predicted octanol–water partition coefficient (Wildman–Crippen LogP) is 4.14. The summed E-state index contributed by atoms with van der Waals surface area (Å²) in [7, 11) is 0. The zero-order valence-electron chi connectivity index (χ0n) is 16.3. The van der Waals surface area contributed by atoms with Gasteiger partial charge < -0.3 is 15.4 Å². The van der Waals surface area contributed by atoms with Crippen molar-refractivity contribution < 1.29 is 15.4 Å². The molecule has 4 aliphatic rings. The van der Waals surface area contributed by atoms with Gasteiger partial charge in [-0.1, -0.05) is 25.1 Å². The van der Waals surface area contributed by atoms with Crippen LogP contribution >= 0.6 is 0 Å². The maximum Gasteiger partial charge on any atom is 0.0737 e. The van der Waals surface area contributed by atoms with E-state index in [1.54, 1.807) is 0 Å². The molecule has 0 aromatic carbocycles. The van der Waals surface area contributed by atoms with Gasteiger partial charge in [-0.15, -0.1) is 0 Å². The third-order valence-corrected chi connectivity index (χ3v) is 9.39. The van der Waals surface area contributed by atoms with Gasteiger partial charge in [-0.3, -0.25) is 0 Å². The Bertz CT molecular complexity index is 604. The largest absolute Gasteiger partial charge is 0.411 e. The first-order chi connectivity index (χ1) is 12.3. The van der Waals surface area contributed by atoms with Crippen LogP contribution in [0.15, 0.2) is 17.3 Å². The van der Waals surface area contributed by atoms with Crippen molar-refractivity contribution in [2.45, 2.75) is 83.3 Å².